The van der Waals surface area contributed by atoms with Gasteiger partial charge in [0.1, 0.15) is 12.4 Å². The molecule has 1 saturated heterocycles. The molecule has 1 aliphatic heterocycles. The van der Waals surface area contributed by atoms with E-state index in [2.05, 4.69) is 23.2 Å². The molecule has 6 nitrogen and oxygen atoms in total. The number of nitrogens with zero attached hydrogens (tertiary/aromatic N) is 3. The highest BCUT2D eigenvalue weighted by Gasteiger charge is 2.21. The highest BCUT2D eigenvalue weighted by atomic mass is 35.5. The SMILES string of the molecule is NCc1cccc(/C=C/c2nn(C3CCCCO3)c3ccc(OCc4c(Cl)cncc4Cl)cc23)c1. The lowest BCUT2D eigenvalue weighted by Gasteiger charge is -2.23. The van der Waals surface area contributed by atoms with Crippen molar-refractivity contribution in [1.29, 1.82) is 0 Å². The largest absolute Gasteiger partial charge is 0.489 e. The summed E-state index contributed by atoms with van der Waals surface area (Å²) in [4.78, 5) is 4.00. The lowest BCUT2D eigenvalue weighted by Crippen LogP contribution is -2.19. The fourth-order valence-corrected chi connectivity index (χ4v) is 4.70. The number of halogens is 2. The van der Waals surface area contributed by atoms with Gasteiger partial charge in [-0.3, -0.25) is 4.98 Å². The first-order valence-corrected chi connectivity index (χ1v) is 12.4. The molecule has 0 amide bonds. The Kier molecular flexibility index (Phi) is 7.35. The lowest BCUT2D eigenvalue weighted by atomic mass is 10.1. The molecule has 0 saturated carbocycles. The smallest absolute Gasteiger partial charge is 0.150 e. The number of benzene rings is 2. The van der Waals surface area contributed by atoms with Crippen LogP contribution < -0.4 is 10.5 Å². The van der Waals surface area contributed by atoms with E-state index in [1.54, 1.807) is 12.4 Å². The van der Waals surface area contributed by atoms with E-state index in [1.165, 1.54) is 0 Å². The van der Waals surface area contributed by atoms with E-state index in [0.717, 1.165) is 53.6 Å². The third-order valence-electron chi connectivity index (χ3n) is 6.09. The molecule has 0 aliphatic carbocycles. The highest BCUT2D eigenvalue weighted by molar-refractivity contribution is 6.35. The van der Waals surface area contributed by atoms with Crippen molar-refractivity contribution in [1.82, 2.24) is 14.8 Å². The standard InChI is InChI=1S/C27H26Cl2N4O2/c28-23-15-31-16-24(29)22(23)17-35-20-8-10-26-21(13-20)25(32-33(26)27-6-1-2-11-34-27)9-7-18-4-3-5-19(12-18)14-30/h3-5,7-10,12-13,15-16,27H,1-2,6,11,14,17,30H2/b9-7+. The molecule has 0 radical (unpaired) electrons. The Morgan fingerprint density at radius 1 is 1.09 bits per heavy atom. The van der Waals surface area contributed by atoms with Crippen molar-refractivity contribution in [3.05, 3.63) is 87.3 Å². The Hall–Kier alpha value is -2.90. The molecule has 4 aromatic rings. The average molecular weight is 509 g/mol. The van der Waals surface area contributed by atoms with Crippen LogP contribution in [-0.2, 0) is 17.9 Å². The van der Waals surface area contributed by atoms with Crippen LogP contribution in [0, 0.1) is 0 Å². The third kappa shape index (κ3) is 5.36. The van der Waals surface area contributed by atoms with Crippen molar-refractivity contribution in [3.63, 3.8) is 0 Å². The van der Waals surface area contributed by atoms with Crippen LogP contribution in [0.5, 0.6) is 5.75 Å². The molecule has 35 heavy (non-hydrogen) atoms. The summed E-state index contributed by atoms with van der Waals surface area (Å²) in [5.74, 6) is 0.699. The molecule has 1 atom stereocenters. The number of hydrogen-bond donors (Lipinski definition) is 1. The summed E-state index contributed by atoms with van der Waals surface area (Å²) in [7, 11) is 0. The Morgan fingerprint density at radius 3 is 2.71 bits per heavy atom. The summed E-state index contributed by atoms with van der Waals surface area (Å²) in [6, 6.07) is 14.1. The van der Waals surface area contributed by atoms with Crippen LogP contribution in [0.3, 0.4) is 0 Å². The summed E-state index contributed by atoms with van der Waals surface area (Å²) in [6.07, 6.45) is 10.3. The number of rotatable bonds is 7. The Labute approximate surface area is 214 Å². The molecular weight excluding hydrogens is 483 g/mol. The van der Waals surface area contributed by atoms with Crippen LogP contribution in [0.4, 0.5) is 0 Å². The molecule has 1 fully saturated rings. The van der Waals surface area contributed by atoms with Gasteiger partial charge >= 0.3 is 0 Å². The predicted octanol–water partition coefficient (Wildman–Crippen LogP) is 6.65. The Morgan fingerprint density at radius 2 is 1.94 bits per heavy atom. The van der Waals surface area contributed by atoms with Gasteiger partial charge in [0.2, 0.25) is 0 Å². The highest BCUT2D eigenvalue weighted by Crippen LogP contribution is 2.32. The summed E-state index contributed by atoms with van der Waals surface area (Å²) in [5, 5.41) is 6.87. The first-order valence-electron chi connectivity index (χ1n) is 11.6. The fraction of sp³-hybridized carbons (Fsp3) is 0.259. The molecule has 2 aromatic carbocycles. The minimum absolute atomic E-state index is 0.0739. The molecule has 5 rings (SSSR count). The number of fused-ring (bicyclic) bond motifs is 1. The van der Waals surface area contributed by atoms with E-state index >= 15 is 0 Å². The normalized spacial score (nSPS) is 16.3. The summed E-state index contributed by atoms with van der Waals surface area (Å²) in [6.45, 7) is 1.49. The van der Waals surface area contributed by atoms with Crippen LogP contribution >= 0.6 is 23.2 Å². The van der Waals surface area contributed by atoms with Gasteiger partial charge in [0.15, 0.2) is 6.23 Å². The van der Waals surface area contributed by atoms with E-state index in [4.69, 9.17) is 43.5 Å². The number of ether oxygens (including phenoxy) is 2. The van der Waals surface area contributed by atoms with Gasteiger partial charge < -0.3 is 15.2 Å². The van der Waals surface area contributed by atoms with E-state index in [9.17, 15) is 0 Å². The number of pyridine rings is 1. The van der Waals surface area contributed by atoms with Gasteiger partial charge in [0.25, 0.3) is 0 Å². The van der Waals surface area contributed by atoms with Gasteiger partial charge in [-0.25, -0.2) is 4.68 Å². The summed E-state index contributed by atoms with van der Waals surface area (Å²) in [5.41, 5.74) is 10.5. The molecular formula is C27H26Cl2N4O2. The first kappa shape index (κ1) is 23.8. The van der Waals surface area contributed by atoms with Gasteiger partial charge in [-0.1, -0.05) is 53.5 Å². The Bertz CT molecular complexity index is 1340. The van der Waals surface area contributed by atoms with Crippen molar-refractivity contribution >= 4 is 46.3 Å². The van der Waals surface area contributed by atoms with Gasteiger partial charge in [-0.2, -0.15) is 5.10 Å². The van der Waals surface area contributed by atoms with Gasteiger partial charge in [-0.15, -0.1) is 0 Å². The molecule has 3 heterocycles. The maximum Gasteiger partial charge on any atom is 0.150 e. The van der Waals surface area contributed by atoms with Crippen LogP contribution in [0.2, 0.25) is 10.0 Å². The fourth-order valence-electron chi connectivity index (χ4n) is 4.22. The second kappa shape index (κ2) is 10.8. The van der Waals surface area contributed by atoms with E-state index in [0.29, 0.717) is 27.9 Å². The maximum absolute atomic E-state index is 6.26. The maximum atomic E-state index is 6.26. The van der Waals surface area contributed by atoms with Crippen molar-refractivity contribution < 1.29 is 9.47 Å². The molecule has 2 aromatic heterocycles. The van der Waals surface area contributed by atoms with E-state index < -0.39 is 0 Å². The zero-order chi connectivity index (χ0) is 24.2. The molecule has 2 N–H and O–H groups in total. The second-order valence-corrected chi connectivity index (χ2v) is 9.30. The first-order chi connectivity index (χ1) is 17.1. The van der Waals surface area contributed by atoms with E-state index in [-0.39, 0.29) is 12.8 Å². The topological polar surface area (TPSA) is 75.2 Å². The van der Waals surface area contributed by atoms with Crippen LogP contribution in [0.1, 0.15) is 47.9 Å². The zero-order valence-electron chi connectivity index (χ0n) is 19.2. The monoisotopic (exact) mass is 508 g/mol. The third-order valence-corrected chi connectivity index (χ3v) is 6.74. The number of nitrogens with two attached hydrogens (primary N) is 1. The Balaban J connectivity index is 1.49. The minimum atomic E-state index is -0.0739. The van der Waals surface area contributed by atoms with Crippen molar-refractivity contribution in [2.45, 2.75) is 38.6 Å². The molecule has 0 bridgehead atoms. The van der Waals surface area contributed by atoms with Gasteiger partial charge in [0, 0.05) is 36.5 Å². The predicted molar refractivity (Wildman–Crippen MR) is 140 cm³/mol. The molecule has 180 valence electrons. The molecule has 0 spiro atoms. The van der Waals surface area contributed by atoms with Gasteiger partial charge in [-0.05, 0) is 54.7 Å². The van der Waals surface area contributed by atoms with Crippen LogP contribution in [0.15, 0.2) is 54.9 Å². The van der Waals surface area contributed by atoms with Crippen molar-refractivity contribution in [3.8, 4) is 5.75 Å². The lowest BCUT2D eigenvalue weighted by molar-refractivity contribution is -0.0367. The van der Waals surface area contributed by atoms with E-state index in [1.807, 2.05) is 41.1 Å². The number of hydrogen-bond acceptors (Lipinski definition) is 5. The molecule has 8 heteroatoms. The molecule has 1 unspecified atom stereocenters. The summed E-state index contributed by atoms with van der Waals surface area (Å²) >= 11 is 12.5. The van der Waals surface area contributed by atoms with Crippen molar-refractivity contribution in [2.75, 3.05) is 6.61 Å². The van der Waals surface area contributed by atoms with Gasteiger partial charge in [0.05, 0.1) is 21.3 Å². The number of aromatic nitrogens is 3. The zero-order valence-corrected chi connectivity index (χ0v) is 20.7. The molecule has 1 aliphatic rings. The van der Waals surface area contributed by atoms with Crippen molar-refractivity contribution in [2.24, 2.45) is 5.73 Å². The van der Waals surface area contributed by atoms with Crippen LogP contribution in [-0.4, -0.2) is 21.4 Å². The average Bonchev–Trinajstić information content (AvgIpc) is 3.26. The minimum Gasteiger partial charge on any atom is -0.489 e. The summed E-state index contributed by atoms with van der Waals surface area (Å²) < 4.78 is 14.1. The van der Waals surface area contributed by atoms with Crippen LogP contribution in [0.25, 0.3) is 23.1 Å². The quantitative estimate of drug-likeness (QED) is 0.302. The second-order valence-electron chi connectivity index (χ2n) is 8.48.